The van der Waals surface area contributed by atoms with Crippen LogP contribution in [-0.2, 0) is 0 Å². The molecule has 1 atom stereocenters. The summed E-state index contributed by atoms with van der Waals surface area (Å²) in [6.45, 7) is 12.1. The molecule has 1 aromatic heterocycles. The second-order valence-corrected chi connectivity index (χ2v) is 7.39. The second kappa shape index (κ2) is 10.5. The molecule has 0 aliphatic heterocycles. The summed E-state index contributed by atoms with van der Waals surface area (Å²) < 4.78 is 0. The quantitative estimate of drug-likeness (QED) is 0.610. The van der Waals surface area contributed by atoms with E-state index in [-0.39, 0.29) is 0 Å². The molecule has 2 aromatic rings. The van der Waals surface area contributed by atoms with E-state index in [2.05, 4.69) is 47.9 Å². The van der Waals surface area contributed by atoms with Crippen LogP contribution in [0.1, 0.15) is 39.3 Å². The minimum Gasteiger partial charge on any atom is -0.357 e. The fourth-order valence-corrected chi connectivity index (χ4v) is 3.15. The molecule has 0 saturated heterocycles. The molecule has 0 saturated carbocycles. The highest BCUT2D eigenvalue weighted by molar-refractivity contribution is 6.30. The Morgan fingerprint density at radius 3 is 2.41 bits per heavy atom. The van der Waals surface area contributed by atoms with Crippen LogP contribution in [0.25, 0.3) is 0 Å². The van der Waals surface area contributed by atoms with Crippen LogP contribution in [-0.4, -0.2) is 47.6 Å². The van der Waals surface area contributed by atoms with Crippen molar-refractivity contribution in [1.82, 2.24) is 14.9 Å². The van der Waals surface area contributed by atoms with E-state index in [0.717, 1.165) is 43.3 Å². The normalized spacial score (nSPS) is 12.3. The molecule has 148 valence electrons. The summed E-state index contributed by atoms with van der Waals surface area (Å²) in [4.78, 5) is 13.9. The lowest BCUT2D eigenvalue weighted by Crippen LogP contribution is -2.31. The molecule has 1 aromatic carbocycles. The monoisotopic (exact) mass is 389 g/mol. The fraction of sp³-hybridized carbons (Fsp3) is 0.524. The van der Waals surface area contributed by atoms with E-state index >= 15 is 0 Å². The first-order chi connectivity index (χ1) is 12.9. The Hall–Kier alpha value is -1.85. The number of aromatic nitrogens is 2. The zero-order valence-electron chi connectivity index (χ0n) is 17.2. The van der Waals surface area contributed by atoms with Gasteiger partial charge in [0.25, 0.3) is 0 Å². The summed E-state index contributed by atoms with van der Waals surface area (Å²) >= 11 is 5.95. The van der Waals surface area contributed by atoms with Crippen LogP contribution in [0.5, 0.6) is 0 Å². The van der Waals surface area contributed by atoms with Gasteiger partial charge in [-0.3, -0.25) is 0 Å². The molecule has 0 aliphatic carbocycles. The predicted octanol–water partition coefficient (Wildman–Crippen LogP) is 5.13. The SMILES string of the molecule is CCN(CC)CCCC(C)N(C)c1cc(C)nc(Nc2ccc(Cl)cc2)n1. The fourth-order valence-electron chi connectivity index (χ4n) is 3.02. The van der Waals surface area contributed by atoms with Crippen molar-refractivity contribution in [3.8, 4) is 0 Å². The minimum atomic E-state index is 0.415. The molecular weight excluding hydrogens is 358 g/mol. The highest BCUT2D eigenvalue weighted by Crippen LogP contribution is 2.21. The maximum Gasteiger partial charge on any atom is 0.229 e. The maximum atomic E-state index is 5.95. The molecule has 6 heteroatoms. The van der Waals surface area contributed by atoms with Crippen LogP contribution in [0.4, 0.5) is 17.5 Å². The third-order valence-corrected chi connectivity index (χ3v) is 5.21. The number of nitrogens with zero attached hydrogens (tertiary/aromatic N) is 4. The van der Waals surface area contributed by atoms with Gasteiger partial charge in [0, 0.05) is 35.6 Å². The van der Waals surface area contributed by atoms with Crippen molar-refractivity contribution in [2.75, 3.05) is 36.9 Å². The van der Waals surface area contributed by atoms with Crippen molar-refractivity contribution in [3.05, 3.63) is 41.0 Å². The topological polar surface area (TPSA) is 44.3 Å². The summed E-state index contributed by atoms with van der Waals surface area (Å²) in [6.07, 6.45) is 2.32. The molecule has 0 radical (unpaired) electrons. The van der Waals surface area contributed by atoms with Crippen molar-refractivity contribution in [2.24, 2.45) is 0 Å². The molecule has 1 N–H and O–H groups in total. The van der Waals surface area contributed by atoms with Gasteiger partial charge in [0.2, 0.25) is 5.95 Å². The first kappa shape index (κ1) is 21.5. The first-order valence-electron chi connectivity index (χ1n) is 9.76. The lowest BCUT2D eigenvalue weighted by Gasteiger charge is -2.27. The highest BCUT2D eigenvalue weighted by atomic mass is 35.5. The van der Waals surface area contributed by atoms with E-state index in [1.54, 1.807) is 0 Å². The number of aryl methyl sites for hydroxylation is 1. The summed E-state index contributed by atoms with van der Waals surface area (Å²) in [6, 6.07) is 10.0. The Morgan fingerprint density at radius 2 is 1.78 bits per heavy atom. The maximum absolute atomic E-state index is 5.95. The van der Waals surface area contributed by atoms with Crippen molar-refractivity contribution >= 4 is 29.1 Å². The molecule has 0 bridgehead atoms. The van der Waals surface area contributed by atoms with Crippen molar-refractivity contribution < 1.29 is 0 Å². The van der Waals surface area contributed by atoms with Gasteiger partial charge in [0.1, 0.15) is 5.82 Å². The van der Waals surface area contributed by atoms with Gasteiger partial charge in [-0.1, -0.05) is 25.4 Å². The number of hydrogen-bond donors (Lipinski definition) is 1. The van der Waals surface area contributed by atoms with Crippen LogP contribution in [0.3, 0.4) is 0 Å². The molecule has 1 unspecified atom stereocenters. The van der Waals surface area contributed by atoms with Crippen LogP contribution >= 0.6 is 11.6 Å². The first-order valence-corrected chi connectivity index (χ1v) is 10.1. The average molecular weight is 390 g/mol. The van der Waals surface area contributed by atoms with Crippen LogP contribution in [0, 0.1) is 6.92 Å². The molecular formula is C21H32ClN5. The van der Waals surface area contributed by atoms with Gasteiger partial charge in [-0.05, 0) is 70.6 Å². The zero-order valence-corrected chi connectivity index (χ0v) is 17.9. The minimum absolute atomic E-state index is 0.415. The standard InChI is InChI=1S/C21H32ClN5/c1-6-27(7-2)14-8-9-17(4)26(5)20-15-16(3)23-21(25-20)24-19-12-10-18(22)11-13-19/h10-13,15,17H,6-9,14H2,1-5H3,(H,23,24,25). The van der Waals surface area contributed by atoms with E-state index in [4.69, 9.17) is 16.6 Å². The molecule has 0 spiro atoms. The van der Waals surface area contributed by atoms with Gasteiger partial charge in [0.05, 0.1) is 0 Å². The Kier molecular flexibility index (Phi) is 8.32. The largest absolute Gasteiger partial charge is 0.357 e. The van der Waals surface area contributed by atoms with E-state index < -0.39 is 0 Å². The lowest BCUT2D eigenvalue weighted by atomic mass is 10.1. The molecule has 27 heavy (non-hydrogen) atoms. The number of rotatable bonds is 10. The summed E-state index contributed by atoms with van der Waals surface area (Å²) in [5, 5.41) is 3.98. The van der Waals surface area contributed by atoms with Crippen LogP contribution < -0.4 is 10.2 Å². The van der Waals surface area contributed by atoms with Gasteiger partial charge >= 0.3 is 0 Å². The Morgan fingerprint density at radius 1 is 1.11 bits per heavy atom. The third-order valence-electron chi connectivity index (χ3n) is 4.95. The number of anilines is 3. The van der Waals surface area contributed by atoms with Gasteiger partial charge in [-0.2, -0.15) is 4.98 Å². The van der Waals surface area contributed by atoms with E-state index in [1.165, 1.54) is 6.42 Å². The molecule has 0 fully saturated rings. The predicted molar refractivity (Wildman–Crippen MR) is 116 cm³/mol. The average Bonchev–Trinajstić information content (AvgIpc) is 2.66. The molecule has 0 aliphatic rings. The third kappa shape index (κ3) is 6.67. The summed E-state index contributed by atoms with van der Waals surface area (Å²) in [7, 11) is 2.11. The Bertz CT molecular complexity index is 700. The molecule has 1 heterocycles. The zero-order chi connectivity index (χ0) is 19.8. The van der Waals surface area contributed by atoms with E-state index in [9.17, 15) is 0 Å². The smallest absolute Gasteiger partial charge is 0.229 e. The number of hydrogen-bond acceptors (Lipinski definition) is 5. The van der Waals surface area contributed by atoms with E-state index in [0.29, 0.717) is 17.0 Å². The van der Waals surface area contributed by atoms with Gasteiger partial charge < -0.3 is 15.1 Å². The highest BCUT2D eigenvalue weighted by Gasteiger charge is 2.14. The Labute approximate surface area is 168 Å². The number of benzene rings is 1. The summed E-state index contributed by atoms with van der Waals surface area (Å²) in [5.74, 6) is 1.55. The van der Waals surface area contributed by atoms with Crippen LogP contribution in [0.15, 0.2) is 30.3 Å². The Balaban J connectivity index is 2.01. The van der Waals surface area contributed by atoms with Crippen LogP contribution in [0.2, 0.25) is 5.02 Å². The molecule has 0 amide bonds. The molecule has 5 nitrogen and oxygen atoms in total. The van der Waals surface area contributed by atoms with Crippen molar-refractivity contribution in [1.29, 1.82) is 0 Å². The number of halogens is 1. The van der Waals surface area contributed by atoms with E-state index in [1.807, 2.05) is 37.3 Å². The second-order valence-electron chi connectivity index (χ2n) is 6.95. The lowest BCUT2D eigenvalue weighted by molar-refractivity contribution is 0.293. The van der Waals surface area contributed by atoms with Crippen molar-refractivity contribution in [2.45, 2.75) is 46.6 Å². The van der Waals surface area contributed by atoms with Gasteiger partial charge in [-0.25, -0.2) is 4.98 Å². The van der Waals surface area contributed by atoms with Gasteiger partial charge in [-0.15, -0.1) is 0 Å². The number of nitrogens with one attached hydrogen (secondary N) is 1. The van der Waals surface area contributed by atoms with Gasteiger partial charge in [0.15, 0.2) is 0 Å². The molecule has 2 rings (SSSR count). The summed E-state index contributed by atoms with van der Waals surface area (Å²) in [5.41, 5.74) is 1.87. The van der Waals surface area contributed by atoms with Crippen molar-refractivity contribution in [3.63, 3.8) is 0 Å².